The van der Waals surface area contributed by atoms with Crippen molar-refractivity contribution < 1.29 is 22.4 Å². The maximum Gasteiger partial charge on any atom is 0.273 e. The fourth-order valence-corrected chi connectivity index (χ4v) is 3.70. The fourth-order valence-electron chi connectivity index (χ4n) is 2.37. The second-order valence-corrected chi connectivity index (χ2v) is 7.88. The molecule has 0 aliphatic heterocycles. The Labute approximate surface area is 151 Å². The quantitative estimate of drug-likeness (QED) is 0.681. The minimum atomic E-state index is -3.67. The largest absolute Gasteiger partial charge is 0.469 e. The van der Waals surface area contributed by atoms with Crippen molar-refractivity contribution in [1.82, 2.24) is 15.6 Å². The van der Waals surface area contributed by atoms with Crippen molar-refractivity contribution in [2.75, 3.05) is 0 Å². The van der Waals surface area contributed by atoms with Crippen molar-refractivity contribution in [2.45, 2.75) is 37.6 Å². The summed E-state index contributed by atoms with van der Waals surface area (Å²) >= 11 is 0. The lowest BCUT2D eigenvalue weighted by Crippen LogP contribution is -2.42. The molecule has 3 rings (SSSR count). The van der Waals surface area contributed by atoms with Crippen LogP contribution in [0.5, 0.6) is 0 Å². The Morgan fingerprint density at radius 3 is 2.27 bits per heavy atom. The third-order valence-corrected chi connectivity index (χ3v) is 5.57. The van der Waals surface area contributed by atoms with E-state index in [0.29, 0.717) is 16.9 Å². The molecule has 9 heteroatoms. The summed E-state index contributed by atoms with van der Waals surface area (Å²) in [6.07, 6.45) is 3.01. The van der Waals surface area contributed by atoms with Crippen molar-refractivity contribution in [3.8, 4) is 0 Å². The predicted octanol–water partition coefficient (Wildman–Crippen LogP) is 1.41. The molecule has 8 nitrogen and oxygen atoms in total. The van der Waals surface area contributed by atoms with Crippen LogP contribution >= 0.6 is 0 Å². The van der Waals surface area contributed by atoms with Gasteiger partial charge in [0.25, 0.3) is 11.8 Å². The van der Waals surface area contributed by atoms with Crippen LogP contribution in [-0.4, -0.2) is 26.3 Å². The van der Waals surface area contributed by atoms with Gasteiger partial charge in [0.2, 0.25) is 10.0 Å². The number of carbonyl (C=O) groups excluding carboxylic acids is 2. The second kappa shape index (κ2) is 6.93. The lowest BCUT2D eigenvalue weighted by molar-refractivity contribution is 0.0845. The molecule has 2 aromatic rings. The van der Waals surface area contributed by atoms with Gasteiger partial charge in [0.05, 0.1) is 16.7 Å². The molecule has 3 N–H and O–H groups in total. The van der Waals surface area contributed by atoms with Crippen LogP contribution in [0.3, 0.4) is 0 Å². The molecule has 1 aromatic carbocycles. The Balaban J connectivity index is 1.73. The first-order valence-corrected chi connectivity index (χ1v) is 9.54. The number of furan rings is 1. The molecule has 0 bridgehead atoms. The number of aryl methyl sites for hydroxylation is 2. The van der Waals surface area contributed by atoms with Gasteiger partial charge in [-0.05, 0) is 50.5 Å². The molecule has 1 heterocycles. The molecule has 0 atom stereocenters. The van der Waals surface area contributed by atoms with Gasteiger partial charge in [-0.3, -0.25) is 20.4 Å². The number of carbonyl (C=O) groups is 2. The molecule has 1 aliphatic rings. The van der Waals surface area contributed by atoms with E-state index in [1.54, 1.807) is 19.9 Å². The summed E-state index contributed by atoms with van der Waals surface area (Å²) in [5.41, 5.74) is 5.62. The maximum atomic E-state index is 12.4. The molecule has 1 aromatic heterocycles. The highest BCUT2D eigenvalue weighted by Crippen LogP contribution is 2.23. The van der Waals surface area contributed by atoms with Crippen molar-refractivity contribution >= 4 is 21.8 Å². The SMILES string of the molecule is Cc1ccc(S(=O)(=O)NC2CC2)cc1C(=O)NNC(=O)c1ccoc1C. The predicted molar refractivity (Wildman–Crippen MR) is 92.9 cm³/mol. The molecular formula is C17H19N3O5S. The third kappa shape index (κ3) is 3.94. The Bertz CT molecular complexity index is 961. The van der Waals surface area contributed by atoms with E-state index in [0.717, 1.165) is 12.8 Å². The van der Waals surface area contributed by atoms with Crippen molar-refractivity contribution in [1.29, 1.82) is 0 Å². The third-order valence-electron chi connectivity index (χ3n) is 4.06. The normalized spacial score (nSPS) is 14.1. The number of hydrogen-bond acceptors (Lipinski definition) is 5. The molecular weight excluding hydrogens is 358 g/mol. The van der Waals surface area contributed by atoms with Crippen LogP contribution in [0.1, 0.15) is 44.9 Å². The minimum Gasteiger partial charge on any atom is -0.469 e. The molecule has 0 saturated heterocycles. The maximum absolute atomic E-state index is 12.4. The van der Waals surface area contributed by atoms with Gasteiger partial charge in [0, 0.05) is 11.6 Å². The summed E-state index contributed by atoms with van der Waals surface area (Å²) < 4.78 is 32.2. The number of hydrazine groups is 1. The molecule has 1 fully saturated rings. The molecule has 0 spiro atoms. The van der Waals surface area contributed by atoms with E-state index in [1.807, 2.05) is 0 Å². The van der Waals surface area contributed by atoms with E-state index in [2.05, 4.69) is 15.6 Å². The Hall–Kier alpha value is -2.65. The molecule has 0 radical (unpaired) electrons. The zero-order chi connectivity index (χ0) is 18.9. The van der Waals surface area contributed by atoms with E-state index < -0.39 is 21.8 Å². The first kappa shape index (κ1) is 18.2. The molecule has 2 amide bonds. The number of amides is 2. The van der Waals surface area contributed by atoms with Crippen molar-refractivity contribution in [2.24, 2.45) is 0 Å². The van der Waals surface area contributed by atoms with Gasteiger partial charge in [-0.1, -0.05) is 6.07 Å². The molecule has 138 valence electrons. The number of nitrogens with one attached hydrogen (secondary N) is 3. The van der Waals surface area contributed by atoms with E-state index >= 15 is 0 Å². The van der Waals surface area contributed by atoms with Gasteiger partial charge < -0.3 is 4.42 Å². The van der Waals surface area contributed by atoms with Gasteiger partial charge in [-0.25, -0.2) is 13.1 Å². The van der Waals surface area contributed by atoms with E-state index in [1.165, 1.54) is 24.5 Å². The van der Waals surface area contributed by atoms with Crippen molar-refractivity contribution in [3.05, 3.63) is 53.0 Å². The van der Waals surface area contributed by atoms with Crippen LogP contribution in [0.15, 0.2) is 39.8 Å². The molecule has 1 aliphatic carbocycles. The number of rotatable bonds is 5. The van der Waals surface area contributed by atoms with Gasteiger partial charge in [0.1, 0.15) is 5.76 Å². The second-order valence-electron chi connectivity index (χ2n) is 6.17. The standard InChI is InChI=1S/C17H19N3O5S/c1-10-3-6-13(26(23,24)20-12-4-5-12)9-15(10)17(22)19-18-16(21)14-7-8-25-11(14)2/h3,6-9,12,20H,4-5H2,1-2H3,(H,18,21)(H,19,22). The first-order valence-electron chi connectivity index (χ1n) is 8.05. The van der Waals surface area contributed by atoms with Crippen LogP contribution in [-0.2, 0) is 10.0 Å². The summed E-state index contributed by atoms with van der Waals surface area (Å²) in [4.78, 5) is 24.4. The highest BCUT2D eigenvalue weighted by Gasteiger charge is 2.28. The topological polar surface area (TPSA) is 118 Å². The zero-order valence-corrected chi connectivity index (χ0v) is 15.1. The highest BCUT2D eigenvalue weighted by molar-refractivity contribution is 7.89. The van der Waals surface area contributed by atoms with Crippen LogP contribution in [0, 0.1) is 13.8 Å². The van der Waals surface area contributed by atoms with E-state index in [-0.39, 0.29) is 16.5 Å². The average Bonchev–Trinajstić information content (AvgIpc) is 3.29. The molecule has 26 heavy (non-hydrogen) atoms. The van der Waals surface area contributed by atoms with Crippen molar-refractivity contribution in [3.63, 3.8) is 0 Å². The molecule has 0 unspecified atom stereocenters. The zero-order valence-electron chi connectivity index (χ0n) is 14.3. The van der Waals surface area contributed by atoms with E-state index in [4.69, 9.17) is 4.42 Å². The Kier molecular flexibility index (Phi) is 4.84. The number of hydrogen-bond donors (Lipinski definition) is 3. The Morgan fingerprint density at radius 1 is 1.04 bits per heavy atom. The van der Waals surface area contributed by atoms with Crippen LogP contribution in [0.25, 0.3) is 0 Å². The Morgan fingerprint density at radius 2 is 1.69 bits per heavy atom. The summed E-state index contributed by atoms with van der Waals surface area (Å²) in [5.74, 6) is -0.714. The molecule has 1 saturated carbocycles. The van der Waals surface area contributed by atoms with Gasteiger partial charge in [0.15, 0.2) is 0 Å². The van der Waals surface area contributed by atoms with Gasteiger partial charge in [-0.2, -0.15) is 0 Å². The summed E-state index contributed by atoms with van der Waals surface area (Å²) in [7, 11) is -3.67. The lowest BCUT2D eigenvalue weighted by atomic mass is 10.1. The summed E-state index contributed by atoms with van der Waals surface area (Å²) in [6.45, 7) is 3.31. The summed E-state index contributed by atoms with van der Waals surface area (Å²) in [5, 5.41) is 0. The minimum absolute atomic E-state index is 0.0113. The van der Waals surface area contributed by atoms with Crippen LogP contribution in [0.4, 0.5) is 0 Å². The number of sulfonamides is 1. The highest BCUT2D eigenvalue weighted by atomic mass is 32.2. The van der Waals surface area contributed by atoms with E-state index in [9.17, 15) is 18.0 Å². The lowest BCUT2D eigenvalue weighted by Gasteiger charge is -2.11. The first-order chi connectivity index (χ1) is 12.3. The van der Waals surface area contributed by atoms with Gasteiger partial charge in [-0.15, -0.1) is 0 Å². The fraction of sp³-hybridized carbons (Fsp3) is 0.294. The average molecular weight is 377 g/mol. The number of benzene rings is 1. The van der Waals surface area contributed by atoms with Gasteiger partial charge >= 0.3 is 0 Å². The smallest absolute Gasteiger partial charge is 0.273 e. The van der Waals surface area contributed by atoms with Crippen LogP contribution < -0.4 is 15.6 Å². The van der Waals surface area contributed by atoms with Crippen LogP contribution in [0.2, 0.25) is 0 Å². The summed E-state index contributed by atoms with van der Waals surface area (Å²) in [6, 6.07) is 5.75. The monoisotopic (exact) mass is 377 g/mol.